The van der Waals surface area contributed by atoms with Crippen molar-refractivity contribution in [2.45, 2.75) is 25.8 Å². The predicted octanol–water partition coefficient (Wildman–Crippen LogP) is 3.63. The highest BCUT2D eigenvalue weighted by Crippen LogP contribution is 2.29. The number of nitrogens with zero attached hydrogens (tertiary/aromatic N) is 1. The van der Waals surface area contributed by atoms with Crippen LogP contribution in [-0.4, -0.2) is 30.0 Å². The van der Waals surface area contributed by atoms with Gasteiger partial charge in [-0.05, 0) is 42.2 Å². The van der Waals surface area contributed by atoms with Gasteiger partial charge in [-0.15, -0.1) is 0 Å². The summed E-state index contributed by atoms with van der Waals surface area (Å²) in [4.78, 5) is 3.23. The fourth-order valence-electron chi connectivity index (χ4n) is 3.64. The molecule has 0 saturated heterocycles. The van der Waals surface area contributed by atoms with Crippen LogP contribution in [0, 0.1) is 5.82 Å². The van der Waals surface area contributed by atoms with Gasteiger partial charge in [0.2, 0.25) is 10.0 Å². The summed E-state index contributed by atoms with van der Waals surface area (Å²) in [5, 5.41) is 0.908. The molecule has 2 aromatic carbocycles. The summed E-state index contributed by atoms with van der Waals surface area (Å²) in [5.74, 6) is -0.143. The molecule has 0 atom stereocenters. The zero-order chi connectivity index (χ0) is 18.1. The first-order chi connectivity index (χ1) is 12.5. The monoisotopic (exact) mass is 372 g/mol. The van der Waals surface area contributed by atoms with Crippen LogP contribution in [0.5, 0.6) is 0 Å². The molecule has 1 aliphatic rings. The summed E-state index contributed by atoms with van der Waals surface area (Å²) in [7, 11) is -3.31. The van der Waals surface area contributed by atoms with Gasteiger partial charge in [0.1, 0.15) is 5.82 Å². The Hall–Kier alpha value is -2.18. The van der Waals surface area contributed by atoms with Gasteiger partial charge < -0.3 is 4.98 Å². The largest absolute Gasteiger partial charge is 0.358 e. The van der Waals surface area contributed by atoms with Crippen molar-refractivity contribution in [2.24, 2.45) is 0 Å². The van der Waals surface area contributed by atoms with E-state index in [1.165, 1.54) is 12.1 Å². The van der Waals surface area contributed by atoms with E-state index < -0.39 is 10.0 Å². The van der Waals surface area contributed by atoms with Crippen molar-refractivity contribution < 1.29 is 12.8 Å². The normalized spacial score (nSPS) is 15.3. The van der Waals surface area contributed by atoms with E-state index in [0.717, 1.165) is 34.1 Å². The zero-order valence-electron chi connectivity index (χ0n) is 14.4. The minimum Gasteiger partial charge on any atom is -0.358 e. The summed E-state index contributed by atoms with van der Waals surface area (Å²) >= 11 is 0. The van der Waals surface area contributed by atoms with E-state index in [0.29, 0.717) is 25.9 Å². The Kier molecular flexibility index (Phi) is 4.54. The van der Waals surface area contributed by atoms with Gasteiger partial charge in [-0.25, -0.2) is 12.8 Å². The number of hydrogen-bond donors (Lipinski definition) is 1. The maximum Gasteiger partial charge on any atom is 0.214 e. The van der Waals surface area contributed by atoms with Gasteiger partial charge >= 0.3 is 0 Å². The molecule has 4 rings (SSSR count). The summed E-state index contributed by atoms with van der Waals surface area (Å²) in [6.07, 6.45) is 1.99. The number of rotatable bonds is 5. The number of fused-ring (bicyclic) bond motifs is 3. The molecule has 0 saturated carbocycles. The molecule has 1 aromatic heterocycles. The molecule has 0 aliphatic carbocycles. The molecule has 26 heavy (non-hydrogen) atoms. The summed E-state index contributed by atoms with van der Waals surface area (Å²) < 4.78 is 40.5. The Bertz CT molecular complexity index is 1030. The summed E-state index contributed by atoms with van der Waals surface area (Å²) in [5.41, 5.74) is 3.87. The third-order valence-corrected chi connectivity index (χ3v) is 6.91. The molecule has 0 radical (unpaired) electrons. The zero-order valence-corrected chi connectivity index (χ0v) is 15.2. The van der Waals surface area contributed by atoms with Crippen molar-refractivity contribution in [1.82, 2.24) is 9.29 Å². The molecule has 1 N–H and O–H groups in total. The minimum atomic E-state index is -3.31. The van der Waals surface area contributed by atoms with Gasteiger partial charge in [0.25, 0.3) is 0 Å². The second-order valence-corrected chi connectivity index (χ2v) is 8.85. The molecule has 4 nitrogen and oxygen atoms in total. The number of benzene rings is 2. The van der Waals surface area contributed by atoms with Crippen LogP contribution >= 0.6 is 0 Å². The van der Waals surface area contributed by atoms with Crippen molar-refractivity contribution in [2.75, 3.05) is 12.3 Å². The van der Waals surface area contributed by atoms with E-state index in [1.807, 2.05) is 30.3 Å². The number of sulfonamides is 1. The van der Waals surface area contributed by atoms with Crippen LogP contribution in [0.4, 0.5) is 4.39 Å². The second kappa shape index (κ2) is 6.85. The molecular weight excluding hydrogens is 351 g/mol. The molecule has 136 valence electrons. The number of aromatic nitrogens is 1. The van der Waals surface area contributed by atoms with Gasteiger partial charge in [-0.3, -0.25) is 0 Å². The fourth-order valence-corrected chi connectivity index (χ4v) is 5.10. The van der Waals surface area contributed by atoms with E-state index in [4.69, 9.17) is 0 Å². The van der Waals surface area contributed by atoms with Gasteiger partial charge in [-0.2, -0.15) is 4.31 Å². The first kappa shape index (κ1) is 17.2. The molecule has 2 heterocycles. The van der Waals surface area contributed by atoms with Crippen LogP contribution in [0.3, 0.4) is 0 Å². The molecule has 6 heteroatoms. The number of aryl methyl sites for hydroxylation is 1. The van der Waals surface area contributed by atoms with Crippen LogP contribution in [0.1, 0.15) is 23.2 Å². The lowest BCUT2D eigenvalue weighted by Gasteiger charge is -2.26. The molecule has 0 unspecified atom stereocenters. The topological polar surface area (TPSA) is 53.2 Å². The standard InChI is InChI=1S/C20H21FN2O2S/c21-16-8-9-17-18-14-23(11-10-19(18)22-20(17)13-16)26(24,25)12-4-7-15-5-2-1-3-6-15/h1-3,5-6,8-9,13,22H,4,7,10-12,14H2. The molecule has 0 spiro atoms. The highest BCUT2D eigenvalue weighted by molar-refractivity contribution is 7.89. The highest BCUT2D eigenvalue weighted by atomic mass is 32.2. The van der Waals surface area contributed by atoms with E-state index >= 15 is 0 Å². The first-order valence-electron chi connectivity index (χ1n) is 8.84. The van der Waals surface area contributed by atoms with Gasteiger partial charge in [-0.1, -0.05) is 30.3 Å². The van der Waals surface area contributed by atoms with Crippen LogP contribution in [0.25, 0.3) is 10.9 Å². The van der Waals surface area contributed by atoms with Crippen LogP contribution in [0.15, 0.2) is 48.5 Å². The lowest BCUT2D eigenvalue weighted by atomic mass is 10.1. The Morgan fingerprint density at radius 3 is 2.73 bits per heavy atom. The number of nitrogens with one attached hydrogen (secondary N) is 1. The Labute approximate surface area is 152 Å². The Balaban J connectivity index is 1.47. The first-order valence-corrected chi connectivity index (χ1v) is 10.4. The number of aromatic amines is 1. The Morgan fingerprint density at radius 2 is 1.92 bits per heavy atom. The number of hydrogen-bond acceptors (Lipinski definition) is 2. The molecule has 0 fully saturated rings. The quantitative estimate of drug-likeness (QED) is 0.744. The number of H-pyrrole nitrogens is 1. The minimum absolute atomic E-state index is 0.147. The van der Waals surface area contributed by atoms with Gasteiger partial charge in [0.15, 0.2) is 0 Å². The van der Waals surface area contributed by atoms with Crippen molar-refractivity contribution >= 4 is 20.9 Å². The average molecular weight is 372 g/mol. The van der Waals surface area contributed by atoms with E-state index in [9.17, 15) is 12.8 Å². The van der Waals surface area contributed by atoms with Crippen molar-refractivity contribution in [3.05, 3.63) is 71.2 Å². The maximum absolute atomic E-state index is 13.4. The van der Waals surface area contributed by atoms with Gasteiger partial charge in [0, 0.05) is 36.1 Å². The second-order valence-electron chi connectivity index (χ2n) is 6.76. The van der Waals surface area contributed by atoms with Crippen LogP contribution < -0.4 is 0 Å². The molecule has 0 bridgehead atoms. The van der Waals surface area contributed by atoms with E-state index in [-0.39, 0.29) is 11.6 Å². The van der Waals surface area contributed by atoms with Crippen LogP contribution in [-0.2, 0) is 29.4 Å². The summed E-state index contributed by atoms with van der Waals surface area (Å²) in [6, 6.07) is 14.5. The van der Waals surface area contributed by atoms with Crippen molar-refractivity contribution in [1.29, 1.82) is 0 Å². The predicted molar refractivity (Wildman–Crippen MR) is 101 cm³/mol. The molecule has 3 aromatic rings. The highest BCUT2D eigenvalue weighted by Gasteiger charge is 2.28. The SMILES string of the molecule is O=S(=O)(CCCc1ccccc1)N1CCc2[nH]c3cc(F)ccc3c2C1. The third kappa shape index (κ3) is 3.39. The maximum atomic E-state index is 13.4. The van der Waals surface area contributed by atoms with Crippen molar-refractivity contribution in [3.63, 3.8) is 0 Å². The van der Waals surface area contributed by atoms with E-state index in [2.05, 4.69) is 4.98 Å². The van der Waals surface area contributed by atoms with Crippen molar-refractivity contribution in [3.8, 4) is 0 Å². The Morgan fingerprint density at radius 1 is 1.12 bits per heavy atom. The van der Waals surface area contributed by atoms with Gasteiger partial charge in [0.05, 0.1) is 5.75 Å². The molecule has 0 amide bonds. The van der Waals surface area contributed by atoms with Crippen LogP contribution in [0.2, 0.25) is 0 Å². The molecule has 1 aliphatic heterocycles. The lowest BCUT2D eigenvalue weighted by molar-refractivity contribution is 0.390. The summed E-state index contributed by atoms with van der Waals surface area (Å²) in [6.45, 7) is 0.824. The molecular formula is C20H21FN2O2S. The smallest absolute Gasteiger partial charge is 0.214 e. The average Bonchev–Trinajstić information content (AvgIpc) is 2.99. The number of halogens is 1. The third-order valence-electron chi connectivity index (χ3n) is 5.01. The lowest BCUT2D eigenvalue weighted by Crippen LogP contribution is -2.37. The fraction of sp³-hybridized carbons (Fsp3) is 0.300. The van der Waals surface area contributed by atoms with E-state index in [1.54, 1.807) is 10.4 Å².